The lowest BCUT2D eigenvalue weighted by molar-refractivity contribution is 0.0258. The van der Waals surface area contributed by atoms with Crippen LogP contribution in [0.1, 0.15) is 18.4 Å². The molecule has 2 rings (SSSR count). The smallest absolute Gasteiger partial charge is 0.0595 e. The van der Waals surface area contributed by atoms with Gasteiger partial charge in [-0.15, -0.1) is 11.6 Å². The summed E-state index contributed by atoms with van der Waals surface area (Å²) in [7, 11) is 0. The lowest BCUT2D eigenvalue weighted by Gasteiger charge is -2.35. The van der Waals surface area contributed by atoms with Crippen LogP contribution in [0.25, 0.3) is 0 Å². The van der Waals surface area contributed by atoms with E-state index in [9.17, 15) is 0 Å². The molecule has 0 N–H and O–H groups in total. The Morgan fingerprint density at radius 3 is 2.41 bits per heavy atom. The number of benzene rings is 1. The van der Waals surface area contributed by atoms with Crippen LogP contribution in [0, 0.1) is 5.41 Å². The van der Waals surface area contributed by atoms with E-state index in [1.54, 1.807) is 0 Å². The van der Waals surface area contributed by atoms with Crippen molar-refractivity contribution in [2.75, 3.05) is 19.1 Å². The molecule has 1 aromatic rings. The van der Waals surface area contributed by atoms with E-state index < -0.39 is 0 Å². The molecule has 1 aliphatic heterocycles. The van der Waals surface area contributed by atoms with Crippen molar-refractivity contribution in [3.8, 4) is 0 Å². The highest BCUT2D eigenvalue weighted by Crippen LogP contribution is 2.36. The molecule has 0 aromatic heterocycles. The molecular weight excluding hydrogens is 279 g/mol. The van der Waals surface area contributed by atoms with Crippen molar-refractivity contribution in [2.24, 2.45) is 5.41 Å². The summed E-state index contributed by atoms with van der Waals surface area (Å²) in [6, 6.07) is 5.81. The predicted octanol–water partition coefficient (Wildman–Crippen LogP) is 4.57. The van der Waals surface area contributed by atoms with Gasteiger partial charge in [0.25, 0.3) is 0 Å². The Hall–Kier alpha value is 0.0500. The van der Waals surface area contributed by atoms with Crippen LogP contribution in [0.15, 0.2) is 18.2 Å². The second-order valence-corrected chi connectivity index (χ2v) is 5.75. The van der Waals surface area contributed by atoms with Crippen molar-refractivity contribution < 1.29 is 4.74 Å². The predicted molar refractivity (Wildman–Crippen MR) is 73.4 cm³/mol. The van der Waals surface area contributed by atoms with E-state index in [0.29, 0.717) is 15.9 Å². The summed E-state index contributed by atoms with van der Waals surface area (Å²) < 4.78 is 5.40. The van der Waals surface area contributed by atoms with Gasteiger partial charge in [0.15, 0.2) is 0 Å². The first-order chi connectivity index (χ1) is 8.15. The molecule has 17 heavy (non-hydrogen) atoms. The van der Waals surface area contributed by atoms with Gasteiger partial charge in [0, 0.05) is 19.1 Å². The topological polar surface area (TPSA) is 9.23 Å². The Bertz CT molecular complexity index is 386. The molecule has 0 spiro atoms. The van der Waals surface area contributed by atoms with Gasteiger partial charge in [0.05, 0.1) is 10.0 Å². The van der Waals surface area contributed by atoms with Gasteiger partial charge in [-0.1, -0.05) is 29.3 Å². The monoisotopic (exact) mass is 292 g/mol. The van der Waals surface area contributed by atoms with Crippen LogP contribution < -0.4 is 0 Å². The summed E-state index contributed by atoms with van der Waals surface area (Å²) in [5, 5.41) is 1.21. The van der Waals surface area contributed by atoms with E-state index in [-0.39, 0.29) is 5.41 Å². The second-order valence-electron chi connectivity index (χ2n) is 4.67. The number of alkyl halides is 1. The highest BCUT2D eigenvalue weighted by atomic mass is 35.5. The van der Waals surface area contributed by atoms with Crippen molar-refractivity contribution in [3.05, 3.63) is 33.8 Å². The highest BCUT2D eigenvalue weighted by Gasteiger charge is 2.31. The van der Waals surface area contributed by atoms with E-state index >= 15 is 0 Å². The van der Waals surface area contributed by atoms with Gasteiger partial charge in [-0.3, -0.25) is 0 Å². The average Bonchev–Trinajstić information content (AvgIpc) is 2.35. The van der Waals surface area contributed by atoms with Gasteiger partial charge in [0.2, 0.25) is 0 Å². The third-order valence-corrected chi connectivity index (χ3v) is 4.71. The Balaban J connectivity index is 2.14. The van der Waals surface area contributed by atoms with Crippen molar-refractivity contribution in [3.63, 3.8) is 0 Å². The molecule has 0 saturated carbocycles. The van der Waals surface area contributed by atoms with Gasteiger partial charge >= 0.3 is 0 Å². The Morgan fingerprint density at radius 2 is 1.82 bits per heavy atom. The van der Waals surface area contributed by atoms with Crippen LogP contribution in [-0.4, -0.2) is 19.1 Å². The molecule has 1 saturated heterocycles. The third kappa shape index (κ3) is 3.29. The largest absolute Gasteiger partial charge is 0.381 e. The minimum absolute atomic E-state index is 0.150. The molecule has 1 heterocycles. The molecule has 4 heteroatoms. The molecule has 1 fully saturated rings. The van der Waals surface area contributed by atoms with E-state index in [1.807, 2.05) is 18.2 Å². The molecule has 94 valence electrons. The maximum Gasteiger partial charge on any atom is 0.0595 e. The molecule has 0 atom stereocenters. The summed E-state index contributed by atoms with van der Waals surface area (Å²) in [6.45, 7) is 1.60. The first kappa shape index (κ1) is 13.5. The van der Waals surface area contributed by atoms with Crippen LogP contribution in [0.5, 0.6) is 0 Å². The van der Waals surface area contributed by atoms with Crippen molar-refractivity contribution >= 4 is 34.8 Å². The van der Waals surface area contributed by atoms with E-state index in [2.05, 4.69) is 0 Å². The molecule has 1 aromatic carbocycles. The van der Waals surface area contributed by atoms with Gasteiger partial charge in [-0.25, -0.2) is 0 Å². The zero-order chi connectivity index (χ0) is 12.3. The minimum Gasteiger partial charge on any atom is -0.381 e. The standard InChI is InChI=1S/C13H15Cl3O/c14-9-13(3-5-17-6-4-13)8-10-1-2-11(15)12(16)7-10/h1-2,7H,3-6,8-9H2. The van der Waals surface area contributed by atoms with Gasteiger partial charge < -0.3 is 4.74 Å². The molecule has 1 nitrogen and oxygen atoms in total. The number of hydrogen-bond acceptors (Lipinski definition) is 1. The van der Waals surface area contributed by atoms with E-state index in [0.717, 1.165) is 32.5 Å². The van der Waals surface area contributed by atoms with E-state index in [1.165, 1.54) is 5.56 Å². The quantitative estimate of drug-likeness (QED) is 0.742. The number of hydrogen-bond donors (Lipinski definition) is 0. The Kier molecular flexibility index (Phi) is 4.59. The van der Waals surface area contributed by atoms with Crippen LogP contribution >= 0.6 is 34.8 Å². The fraction of sp³-hybridized carbons (Fsp3) is 0.538. The Morgan fingerprint density at radius 1 is 1.12 bits per heavy atom. The Labute approximate surface area is 117 Å². The van der Waals surface area contributed by atoms with E-state index in [4.69, 9.17) is 39.5 Å². The lowest BCUT2D eigenvalue weighted by Crippen LogP contribution is -2.33. The maximum atomic E-state index is 6.14. The maximum absolute atomic E-state index is 6.14. The molecule has 0 amide bonds. The van der Waals surface area contributed by atoms with Gasteiger partial charge in [-0.05, 0) is 42.4 Å². The molecule has 0 radical (unpaired) electrons. The van der Waals surface area contributed by atoms with Crippen LogP contribution in [0.4, 0.5) is 0 Å². The van der Waals surface area contributed by atoms with Crippen molar-refractivity contribution in [2.45, 2.75) is 19.3 Å². The van der Waals surface area contributed by atoms with Gasteiger partial charge in [0.1, 0.15) is 0 Å². The molecule has 0 bridgehead atoms. The highest BCUT2D eigenvalue weighted by molar-refractivity contribution is 6.42. The normalized spacial score (nSPS) is 19.2. The van der Waals surface area contributed by atoms with Crippen LogP contribution in [-0.2, 0) is 11.2 Å². The zero-order valence-corrected chi connectivity index (χ0v) is 11.8. The summed E-state index contributed by atoms with van der Waals surface area (Å²) in [6.07, 6.45) is 2.96. The van der Waals surface area contributed by atoms with Gasteiger partial charge in [-0.2, -0.15) is 0 Å². The zero-order valence-electron chi connectivity index (χ0n) is 9.52. The fourth-order valence-electron chi connectivity index (χ4n) is 2.24. The number of ether oxygens (including phenoxy) is 1. The first-order valence-corrected chi connectivity index (χ1v) is 7.02. The summed E-state index contributed by atoms with van der Waals surface area (Å²) in [4.78, 5) is 0. The lowest BCUT2D eigenvalue weighted by atomic mass is 9.77. The second kappa shape index (κ2) is 5.79. The van der Waals surface area contributed by atoms with Crippen LogP contribution in [0.3, 0.4) is 0 Å². The van der Waals surface area contributed by atoms with Crippen molar-refractivity contribution in [1.29, 1.82) is 0 Å². The molecule has 0 unspecified atom stereocenters. The third-order valence-electron chi connectivity index (χ3n) is 3.40. The minimum atomic E-state index is 0.150. The van der Waals surface area contributed by atoms with Crippen LogP contribution in [0.2, 0.25) is 10.0 Å². The van der Waals surface area contributed by atoms with Crippen molar-refractivity contribution in [1.82, 2.24) is 0 Å². The summed E-state index contributed by atoms with van der Waals surface area (Å²) >= 11 is 18.1. The molecular formula is C13H15Cl3O. The number of rotatable bonds is 3. The summed E-state index contributed by atoms with van der Waals surface area (Å²) in [5.74, 6) is 0.663. The fourth-order valence-corrected chi connectivity index (χ4v) is 2.93. The average molecular weight is 294 g/mol. The SMILES string of the molecule is ClCC1(Cc2ccc(Cl)c(Cl)c2)CCOCC1. The summed E-state index contributed by atoms with van der Waals surface area (Å²) in [5.41, 5.74) is 1.35. The number of halogens is 3. The first-order valence-electron chi connectivity index (χ1n) is 5.73. The molecule has 0 aliphatic carbocycles. The molecule has 1 aliphatic rings.